The summed E-state index contributed by atoms with van der Waals surface area (Å²) in [5.74, 6) is -0.0185. The highest BCUT2D eigenvalue weighted by atomic mass is 19.1. The van der Waals surface area contributed by atoms with Crippen molar-refractivity contribution in [3.05, 3.63) is 40.2 Å². The van der Waals surface area contributed by atoms with Crippen molar-refractivity contribution in [2.75, 3.05) is 30.4 Å². The van der Waals surface area contributed by atoms with Crippen LogP contribution in [0.3, 0.4) is 0 Å². The third-order valence-corrected chi connectivity index (χ3v) is 8.13. The average Bonchev–Trinajstić information content (AvgIpc) is 3.69. The summed E-state index contributed by atoms with van der Waals surface area (Å²) in [6, 6.07) is 5.37. The molecule has 5 heterocycles. The Balaban J connectivity index is 1.29. The van der Waals surface area contributed by atoms with E-state index in [1.165, 1.54) is 31.8 Å². The van der Waals surface area contributed by atoms with E-state index in [0.29, 0.717) is 37.1 Å². The van der Waals surface area contributed by atoms with Gasteiger partial charge in [-0.25, -0.2) is 14.2 Å². The molecule has 6 rings (SSSR count). The SMILES string of the molecule is Cn1nnn(-c2cc(Nc3ncc(C#N)c(NC4CC5CCCN5C(C)(C)C4)n3)c(F)cc2OC2CCOC2)c1=O. The van der Waals surface area contributed by atoms with E-state index in [2.05, 4.69) is 55.8 Å². The van der Waals surface area contributed by atoms with Gasteiger partial charge in [-0.1, -0.05) is 0 Å². The fourth-order valence-electron chi connectivity index (χ4n) is 6.22. The van der Waals surface area contributed by atoms with Crippen molar-refractivity contribution in [1.82, 2.24) is 34.7 Å². The van der Waals surface area contributed by atoms with Crippen LogP contribution in [0.25, 0.3) is 5.69 Å². The first-order valence-electron chi connectivity index (χ1n) is 13.9. The topological polar surface area (TPSA) is 148 Å². The standard InChI is InChI=1S/C27H33FN10O3/c1-27(2)12-17(9-18-5-4-7-37(18)27)31-24-16(13-29)14-30-25(33-24)32-21-11-22(38-26(39)36(3)34-35-38)23(10-20(21)28)41-19-6-8-40-15-19/h10-11,14,17-19H,4-9,12,15H2,1-3H3,(H2,30,31,32,33). The second kappa shape index (κ2) is 10.7. The van der Waals surface area contributed by atoms with Crippen LogP contribution >= 0.6 is 0 Å². The molecular weight excluding hydrogens is 531 g/mol. The van der Waals surface area contributed by atoms with Gasteiger partial charge in [0.05, 0.1) is 25.1 Å². The minimum absolute atomic E-state index is 0.00336. The van der Waals surface area contributed by atoms with Gasteiger partial charge in [0.25, 0.3) is 0 Å². The molecule has 2 aromatic heterocycles. The Bertz CT molecular complexity index is 1540. The van der Waals surface area contributed by atoms with Crippen LogP contribution in [0, 0.1) is 17.1 Å². The Morgan fingerprint density at radius 3 is 2.85 bits per heavy atom. The number of hydrogen-bond donors (Lipinski definition) is 2. The van der Waals surface area contributed by atoms with Crippen molar-refractivity contribution >= 4 is 17.5 Å². The molecule has 3 atom stereocenters. The van der Waals surface area contributed by atoms with Gasteiger partial charge in [0.15, 0.2) is 5.82 Å². The Kier molecular flexibility index (Phi) is 7.08. The second-order valence-corrected chi connectivity index (χ2v) is 11.5. The number of halogens is 1. The highest BCUT2D eigenvalue weighted by Crippen LogP contribution is 2.39. The molecule has 3 unspecified atom stereocenters. The molecule has 1 aromatic carbocycles. The van der Waals surface area contributed by atoms with Crippen LogP contribution in [-0.2, 0) is 11.8 Å². The van der Waals surface area contributed by atoms with E-state index in [1.807, 2.05) is 0 Å². The molecule has 0 radical (unpaired) electrons. The Hall–Kier alpha value is -4.09. The van der Waals surface area contributed by atoms with Gasteiger partial charge in [-0.3, -0.25) is 4.90 Å². The number of tetrazole rings is 1. The molecule has 0 aliphatic carbocycles. The van der Waals surface area contributed by atoms with Crippen molar-refractivity contribution < 1.29 is 13.9 Å². The summed E-state index contributed by atoms with van der Waals surface area (Å²) in [5.41, 5.74) is 0.0224. The number of nitriles is 1. The molecule has 0 bridgehead atoms. The van der Waals surface area contributed by atoms with E-state index < -0.39 is 11.5 Å². The number of nitrogens with one attached hydrogen (secondary N) is 2. The number of benzene rings is 1. The van der Waals surface area contributed by atoms with Gasteiger partial charge in [-0.05, 0) is 62.6 Å². The summed E-state index contributed by atoms with van der Waals surface area (Å²) in [6.45, 7) is 6.53. The number of ether oxygens (including phenoxy) is 2. The van der Waals surface area contributed by atoms with Crippen molar-refractivity contribution in [3.8, 4) is 17.5 Å². The van der Waals surface area contributed by atoms with Gasteiger partial charge >= 0.3 is 5.69 Å². The molecule has 14 heteroatoms. The Morgan fingerprint density at radius 1 is 1.27 bits per heavy atom. The van der Waals surface area contributed by atoms with E-state index >= 15 is 4.39 Å². The van der Waals surface area contributed by atoms with Crippen LogP contribution in [0.4, 0.5) is 21.8 Å². The minimum atomic E-state index is -0.641. The quantitative estimate of drug-likeness (QED) is 0.436. The molecule has 3 aliphatic heterocycles. The van der Waals surface area contributed by atoms with Crippen LogP contribution in [0.2, 0.25) is 0 Å². The lowest BCUT2D eigenvalue weighted by atomic mass is 9.84. The number of aryl methyl sites for hydroxylation is 1. The Morgan fingerprint density at radius 2 is 2.12 bits per heavy atom. The number of fused-ring (bicyclic) bond motifs is 1. The van der Waals surface area contributed by atoms with Crippen LogP contribution in [0.15, 0.2) is 23.1 Å². The number of piperidine rings is 1. The summed E-state index contributed by atoms with van der Waals surface area (Å²) in [7, 11) is 1.47. The summed E-state index contributed by atoms with van der Waals surface area (Å²) >= 11 is 0. The first-order valence-corrected chi connectivity index (χ1v) is 13.9. The van der Waals surface area contributed by atoms with E-state index in [4.69, 9.17) is 9.47 Å². The zero-order chi connectivity index (χ0) is 28.7. The zero-order valence-electron chi connectivity index (χ0n) is 23.3. The normalized spacial score (nSPS) is 23.6. The highest BCUT2D eigenvalue weighted by molar-refractivity contribution is 5.64. The summed E-state index contributed by atoms with van der Waals surface area (Å²) < 4.78 is 28.9. The maximum absolute atomic E-state index is 15.4. The van der Waals surface area contributed by atoms with Crippen molar-refractivity contribution in [3.63, 3.8) is 0 Å². The predicted octanol–water partition coefficient (Wildman–Crippen LogP) is 2.50. The molecule has 3 aliphatic rings. The number of aromatic nitrogens is 6. The smallest absolute Gasteiger partial charge is 0.368 e. The van der Waals surface area contributed by atoms with E-state index in [-0.39, 0.29) is 40.8 Å². The predicted molar refractivity (Wildman–Crippen MR) is 147 cm³/mol. The molecule has 0 saturated carbocycles. The van der Waals surface area contributed by atoms with Crippen molar-refractivity contribution in [1.29, 1.82) is 5.26 Å². The maximum Gasteiger partial charge on any atom is 0.368 e. The van der Waals surface area contributed by atoms with Gasteiger partial charge < -0.3 is 20.1 Å². The van der Waals surface area contributed by atoms with Gasteiger partial charge in [-0.15, -0.1) is 0 Å². The largest absolute Gasteiger partial charge is 0.486 e. The highest BCUT2D eigenvalue weighted by Gasteiger charge is 2.43. The van der Waals surface area contributed by atoms with Gasteiger partial charge in [0, 0.05) is 37.2 Å². The van der Waals surface area contributed by atoms with Crippen molar-refractivity contribution in [2.24, 2.45) is 7.05 Å². The molecule has 41 heavy (non-hydrogen) atoms. The number of hydrogen-bond acceptors (Lipinski definition) is 11. The zero-order valence-corrected chi connectivity index (χ0v) is 23.3. The van der Waals surface area contributed by atoms with Crippen LogP contribution < -0.4 is 21.1 Å². The fourth-order valence-corrected chi connectivity index (χ4v) is 6.22. The van der Waals surface area contributed by atoms with E-state index in [0.717, 1.165) is 35.2 Å². The first-order chi connectivity index (χ1) is 19.7. The monoisotopic (exact) mass is 564 g/mol. The summed E-state index contributed by atoms with van der Waals surface area (Å²) in [5, 5.41) is 23.8. The second-order valence-electron chi connectivity index (χ2n) is 11.5. The molecule has 3 fully saturated rings. The Labute approximate surface area is 236 Å². The fraction of sp³-hybridized carbons (Fsp3) is 0.556. The third-order valence-electron chi connectivity index (χ3n) is 8.13. The van der Waals surface area contributed by atoms with Gasteiger partial charge in [0.1, 0.15) is 35.0 Å². The lowest BCUT2D eigenvalue weighted by molar-refractivity contribution is 0.0501. The summed E-state index contributed by atoms with van der Waals surface area (Å²) in [4.78, 5) is 24.1. The average molecular weight is 565 g/mol. The molecule has 0 amide bonds. The molecule has 216 valence electrons. The molecule has 0 spiro atoms. The number of rotatable bonds is 7. The third kappa shape index (κ3) is 5.34. The van der Waals surface area contributed by atoms with Gasteiger partial charge in [-0.2, -0.15) is 19.6 Å². The molecule has 3 saturated heterocycles. The number of nitrogens with zero attached hydrogens (tertiary/aromatic N) is 8. The number of anilines is 3. The first kappa shape index (κ1) is 27.1. The van der Waals surface area contributed by atoms with E-state index in [9.17, 15) is 10.1 Å². The summed E-state index contributed by atoms with van der Waals surface area (Å²) in [6.07, 6.45) is 5.99. The lowest BCUT2D eigenvalue weighted by Crippen LogP contribution is -2.55. The molecule has 3 aromatic rings. The van der Waals surface area contributed by atoms with E-state index in [1.54, 1.807) is 0 Å². The van der Waals surface area contributed by atoms with Crippen molar-refractivity contribution in [2.45, 2.75) is 69.7 Å². The maximum atomic E-state index is 15.4. The van der Waals surface area contributed by atoms with Crippen LogP contribution in [0.5, 0.6) is 5.75 Å². The minimum Gasteiger partial charge on any atom is -0.486 e. The van der Waals surface area contributed by atoms with Crippen LogP contribution in [0.1, 0.15) is 51.5 Å². The lowest BCUT2D eigenvalue weighted by Gasteiger charge is -2.47. The van der Waals surface area contributed by atoms with Crippen LogP contribution in [-0.4, -0.2) is 78.1 Å². The van der Waals surface area contributed by atoms with Gasteiger partial charge in [0.2, 0.25) is 5.95 Å². The molecule has 13 nitrogen and oxygen atoms in total. The molecule has 2 N–H and O–H groups in total. The molecular formula is C27H33FN10O3.